The van der Waals surface area contributed by atoms with Crippen LogP contribution in [0.3, 0.4) is 0 Å². The van der Waals surface area contributed by atoms with Crippen LogP contribution in [0.5, 0.6) is 5.75 Å². The van der Waals surface area contributed by atoms with Gasteiger partial charge in [-0.25, -0.2) is 4.85 Å². The number of likely N-dealkylation sites (N-methyl/N-ethyl adjacent to an activating group) is 1. The first-order valence-corrected chi connectivity index (χ1v) is 13.3. The topological polar surface area (TPSA) is 20.1 Å². The third-order valence-electron chi connectivity index (χ3n) is 8.74. The summed E-state index contributed by atoms with van der Waals surface area (Å²) in [7, 11) is 2.34. The summed E-state index contributed by atoms with van der Waals surface area (Å²) in [5.74, 6) is 2.49. The number of fused-ring (bicyclic) bond motifs is 1. The van der Waals surface area contributed by atoms with Crippen LogP contribution in [0.4, 0.5) is 5.69 Å². The summed E-state index contributed by atoms with van der Waals surface area (Å²) >= 11 is 0. The molecule has 4 heteroatoms. The summed E-state index contributed by atoms with van der Waals surface area (Å²) < 4.78 is 5.91. The molecule has 1 unspecified atom stereocenters. The van der Waals surface area contributed by atoms with Crippen LogP contribution in [0.2, 0.25) is 0 Å². The highest BCUT2D eigenvalue weighted by atomic mass is 16.5. The molecule has 2 aromatic rings. The van der Waals surface area contributed by atoms with Gasteiger partial charge < -0.3 is 14.5 Å². The van der Waals surface area contributed by atoms with E-state index >= 15 is 0 Å². The van der Waals surface area contributed by atoms with Gasteiger partial charge in [-0.3, -0.25) is 0 Å². The fourth-order valence-electron chi connectivity index (χ4n) is 7.23. The van der Waals surface area contributed by atoms with E-state index in [1.54, 1.807) is 11.1 Å². The first kappa shape index (κ1) is 23.4. The van der Waals surface area contributed by atoms with Crippen LogP contribution in [0.1, 0.15) is 56.1 Å². The lowest BCUT2D eigenvalue weighted by atomic mass is 9.57. The monoisotopic (exact) mass is 457 g/mol. The van der Waals surface area contributed by atoms with Gasteiger partial charge in [0.25, 0.3) is 0 Å². The maximum absolute atomic E-state index is 7.06. The van der Waals surface area contributed by atoms with E-state index in [0.717, 1.165) is 43.7 Å². The highest BCUT2D eigenvalue weighted by molar-refractivity contribution is 5.47. The van der Waals surface area contributed by atoms with Crippen molar-refractivity contribution in [1.29, 1.82) is 0 Å². The van der Waals surface area contributed by atoms with Gasteiger partial charge in [0, 0.05) is 25.0 Å². The number of ether oxygens (including phenoxy) is 1. The molecule has 5 rings (SSSR count). The summed E-state index contributed by atoms with van der Waals surface area (Å²) in [6.07, 6.45) is 9.34. The van der Waals surface area contributed by atoms with Crippen LogP contribution in [0.15, 0.2) is 48.5 Å². The van der Waals surface area contributed by atoms with Gasteiger partial charge >= 0.3 is 0 Å². The van der Waals surface area contributed by atoms with Crippen LogP contribution >= 0.6 is 0 Å². The van der Waals surface area contributed by atoms with Crippen molar-refractivity contribution in [3.05, 3.63) is 71.1 Å². The predicted molar refractivity (Wildman–Crippen MR) is 138 cm³/mol. The summed E-state index contributed by atoms with van der Waals surface area (Å²) in [5.41, 5.74) is 4.27. The fraction of sp³-hybridized carbons (Fsp3) is 0.567. The smallest absolute Gasteiger partial charge is 0.187 e. The lowest BCUT2D eigenvalue weighted by molar-refractivity contribution is 0.0460. The Bertz CT molecular complexity index is 983. The Labute approximate surface area is 205 Å². The quantitative estimate of drug-likeness (QED) is 0.360. The minimum atomic E-state index is 0.340. The average molecular weight is 458 g/mol. The summed E-state index contributed by atoms with van der Waals surface area (Å²) in [4.78, 5) is 8.70. The van der Waals surface area contributed by atoms with Crippen LogP contribution in [-0.4, -0.2) is 49.6 Å². The van der Waals surface area contributed by atoms with Gasteiger partial charge in [-0.05, 0) is 87.3 Å². The van der Waals surface area contributed by atoms with Crippen molar-refractivity contribution in [2.45, 2.75) is 56.9 Å². The van der Waals surface area contributed by atoms with Crippen molar-refractivity contribution in [2.75, 3.05) is 39.8 Å². The van der Waals surface area contributed by atoms with Gasteiger partial charge in [-0.1, -0.05) is 49.2 Å². The Morgan fingerprint density at radius 2 is 1.68 bits per heavy atom. The standard InChI is InChI=1S/C30H39N3O/c1-31-27-12-14-28(15-13-27)34-21-7-18-33-19-16-26(17-20-33)30(25-9-4-5-10-25)23-32(2)22-24-8-3-6-11-29(24)30/h3,6,8,11-15,25-26H,4-5,7,9-10,16-23H2,2H3. The van der Waals surface area contributed by atoms with Gasteiger partial charge in [0.05, 0.1) is 13.2 Å². The Balaban J connectivity index is 1.20. The third kappa shape index (κ3) is 4.74. The molecule has 1 aliphatic carbocycles. The summed E-state index contributed by atoms with van der Waals surface area (Å²) in [6, 6.07) is 16.9. The predicted octanol–water partition coefficient (Wildman–Crippen LogP) is 6.29. The number of nitrogens with zero attached hydrogens (tertiary/aromatic N) is 3. The van der Waals surface area contributed by atoms with Crippen molar-refractivity contribution >= 4 is 5.69 Å². The molecule has 0 N–H and O–H groups in total. The van der Waals surface area contributed by atoms with Crippen LogP contribution in [0, 0.1) is 18.4 Å². The van der Waals surface area contributed by atoms with Gasteiger partial charge in [0.2, 0.25) is 0 Å². The number of rotatable bonds is 7. The second kappa shape index (κ2) is 10.5. The van der Waals surface area contributed by atoms with E-state index in [0.29, 0.717) is 11.1 Å². The molecular formula is C30H39N3O. The molecule has 0 amide bonds. The molecule has 3 aliphatic rings. The minimum Gasteiger partial charge on any atom is -0.494 e. The number of piperidine rings is 1. The zero-order valence-corrected chi connectivity index (χ0v) is 20.7. The number of hydrogen-bond donors (Lipinski definition) is 0. The Morgan fingerprint density at radius 3 is 2.41 bits per heavy atom. The van der Waals surface area contributed by atoms with Gasteiger partial charge in [0.1, 0.15) is 5.75 Å². The van der Waals surface area contributed by atoms with E-state index in [-0.39, 0.29) is 0 Å². The van der Waals surface area contributed by atoms with E-state index in [9.17, 15) is 0 Å². The number of hydrogen-bond acceptors (Lipinski definition) is 3. The lowest BCUT2D eigenvalue weighted by Gasteiger charge is -2.53. The second-order valence-corrected chi connectivity index (χ2v) is 10.8. The van der Waals surface area contributed by atoms with Crippen molar-refractivity contribution in [2.24, 2.45) is 11.8 Å². The SMILES string of the molecule is [C-]#[N+]c1ccc(OCCCN2CCC(C3(C4CCCC4)CN(C)Cc4ccccc43)CC2)cc1. The van der Waals surface area contributed by atoms with E-state index in [2.05, 4.69) is 46.0 Å². The molecule has 2 aliphatic heterocycles. The average Bonchev–Trinajstić information content (AvgIpc) is 3.42. The molecular weight excluding hydrogens is 418 g/mol. The molecule has 1 saturated heterocycles. The Hall–Kier alpha value is -2.35. The fourth-order valence-corrected chi connectivity index (χ4v) is 7.23. The highest BCUT2D eigenvalue weighted by Gasteiger charge is 2.50. The molecule has 1 saturated carbocycles. The molecule has 4 nitrogen and oxygen atoms in total. The van der Waals surface area contributed by atoms with E-state index in [4.69, 9.17) is 11.3 Å². The highest BCUT2D eigenvalue weighted by Crippen LogP contribution is 2.53. The van der Waals surface area contributed by atoms with Gasteiger partial charge in [-0.15, -0.1) is 0 Å². The van der Waals surface area contributed by atoms with Crippen LogP contribution < -0.4 is 4.74 Å². The third-order valence-corrected chi connectivity index (χ3v) is 8.74. The molecule has 34 heavy (non-hydrogen) atoms. The molecule has 2 fully saturated rings. The maximum atomic E-state index is 7.06. The first-order chi connectivity index (χ1) is 16.7. The molecule has 0 spiro atoms. The molecule has 2 aromatic carbocycles. The lowest BCUT2D eigenvalue weighted by Crippen LogP contribution is -2.55. The Morgan fingerprint density at radius 1 is 0.971 bits per heavy atom. The molecule has 1 atom stereocenters. The van der Waals surface area contributed by atoms with Crippen molar-refractivity contribution < 1.29 is 4.74 Å². The normalized spacial score (nSPS) is 24.6. The molecule has 0 aromatic heterocycles. The van der Waals surface area contributed by atoms with Crippen LogP contribution in [0.25, 0.3) is 4.85 Å². The zero-order valence-electron chi connectivity index (χ0n) is 20.7. The van der Waals surface area contributed by atoms with Crippen molar-refractivity contribution in [3.63, 3.8) is 0 Å². The molecule has 0 bridgehead atoms. The zero-order chi connectivity index (χ0) is 23.4. The minimum absolute atomic E-state index is 0.340. The summed E-state index contributed by atoms with van der Waals surface area (Å²) in [5, 5.41) is 0. The van der Waals surface area contributed by atoms with Crippen molar-refractivity contribution in [3.8, 4) is 5.75 Å². The van der Waals surface area contributed by atoms with Crippen molar-refractivity contribution in [1.82, 2.24) is 9.80 Å². The van der Waals surface area contributed by atoms with E-state index < -0.39 is 0 Å². The molecule has 0 radical (unpaired) electrons. The maximum Gasteiger partial charge on any atom is 0.187 e. The van der Waals surface area contributed by atoms with Gasteiger partial charge in [0.15, 0.2) is 5.69 Å². The number of benzene rings is 2. The van der Waals surface area contributed by atoms with Crippen LogP contribution in [-0.2, 0) is 12.0 Å². The van der Waals surface area contributed by atoms with E-state index in [1.165, 1.54) is 58.2 Å². The van der Waals surface area contributed by atoms with E-state index in [1.807, 2.05) is 24.3 Å². The molecule has 2 heterocycles. The Kier molecular flexibility index (Phi) is 7.23. The largest absolute Gasteiger partial charge is 0.494 e. The number of likely N-dealkylation sites (tertiary alicyclic amines) is 1. The van der Waals surface area contributed by atoms with Gasteiger partial charge in [-0.2, -0.15) is 0 Å². The molecule has 180 valence electrons. The second-order valence-electron chi connectivity index (χ2n) is 10.8. The summed E-state index contributed by atoms with van der Waals surface area (Å²) in [6.45, 7) is 13.7. The first-order valence-electron chi connectivity index (χ1n) is 13.3.